The van der Waals surface area contributed by atoms with Crippen molar-refractivity contribution in [2.45, 2.75) is 25.9 Å². The molecule has 0 aromatic heterocycles. The summed E-state index contributed by atoms with van der Waals surface area (Å²) in [5, 5.41) is 0. The highest BCUT2D eigenvalue weighted by Gasteiger charge is 2.47. The zero-order valence-electron chi connectivity index (χ0n) is 4.73. The molecule has 7 heavy (non-hydrogen) atoms. The van der Waals surface area contributed by atoms with Crippen molar-refractivity contribution >= 4 is 8.56 Å². The molecule has 1 aliphatic heterocycles. The van der Waals surface area contributed by atoms with Crippen LogP contribution in [0.1, 0.15) is 13.3 Å². The van der Waals surface area contributed by atoms with E-state index in [0.29, 0.717) is 0 Å². The molecular formula is C4H10O2Si. The molecule has 1 rings (SSSR count). The first-order valence-electron chi connectivity index (χ1n) is 2.64. The summed E-state index contributed by atoms with van der Waals surface area (Å²) in [5.74, 6) is 0. The molecule has 0 radical (unpaired) electrons. The van der Waals surface area contributed by atoms with Crippen molar-refractivity contribution in [1.29, 1.82) is 0 Å². The zero-order chi connectivity index (χ0) is 5.33. The topological polar surface area (TPSA) is 25.1 Å². The zero-order valence-corrected chi connectivity index (χ0v) is 5.73. The van der Waals surface area contributed by atoms with Gasteiger partial charge in [-0.3, -0.25) is 9.15 Å². The van der Waals surface area contributed by atoms with Crippen LogP contribution in [-0.2, 0) is 9.15 Å². The van der Waals surface area contributed by atoms with E-state index >= 15 is 0 Å². The van der Waals surface area contributed by atoms with E-state index in [-0.39, 0.29) is 0 Å². The Morgan fingerprint density at radius 1 is 1.43 bits per heavy atom. The van der Waals surface area contributed by atoms with E-state index in [9.17, 15) is 0 Å². The molecule has 0 spiro atoms. The van der Waals surface area contributed by atoms with E-state index in [1.165, 1.54) is 6.42 Å². The summed E-state index contributed by atoms with van der Waals surface area (Å²) in [6, 6.07) is 1.15. The minimum Gasteiger partial charge on any atom is -0.257 e. The first kappa shape index (κ1) is 5.28. The molecule has 42 valence electrons. The minimum absolute atomic E-state index is 1.15. The van der Waals surface area contributed by atoms with Crippen molar-refractivity contribution in [2.75, 3.05) is 0 Å². The maximum atomic E-state index is 4.78. The normalized spacial score (nSPS) is 24.9. The second-order valence-corrected chi connectivity index (χ2v) is 5.15. The van der Waals surface area contributed by atoms with E-state index in [2.05, 4.69) is 13.5 Å². The highest BCUT2D eigenvalue weighted by molar-refractivity contribution is 6.70. The largest absolute Gasteiger partial charge is 0.403 e. The van der Waals surface area contributed by atoms with Crippen LogP contribution >= 0.6 is 0 Å². The maximum absolute atomic E-state index is 4.78. The third kappa shape index (κ3) is 1.26. The van der Waals surface area contributed by atoms with Crippen LogP contribution in [0, 0.1) is 0 Å². The lowest BCUT2D eigenvalue weighted by molar-refractivity contribution is 0.0850. The molecule has 3 heteroatoms. The van der Waals surface area contributed by atoms with Gasteiger partial charge in [-0.05, 0) is 12.6 Å². The SMILES string of the molecule is CCC[Si]1(C)OO1. The van der Waals surface area contributed by atoms with Crippen LogP contribution in [0.5, 0.6) is 0 Å². The quantitative estimate of drug-likeness (QED) is 0.311. The molecule has 1 heterocycles. The third-order valence-corrected chi connectivity index (χ3v) is 3.22. The Balaban J connectivity index is 2.13. The fourth-order valence-electron chi connectivity index (χ4n) is 0.609. The monoisotopic (exact) mass is 118 g/mol. The van der Waals surface area contributed by atoms with Crippen LogP contribution in [0.3, 0.4) is 0 Å². The standard InChI is InChI=1S/C4H10O2Si/c1-3-4-7(2)5-6-7/h3-4H2,1-2H3. The molecule has 0 aliphatic carbocycles. The van der Waals surface area contributed by atoms with Crippen LogP contribution in [-0.4, -0.2) is 8.56 Å². The fourth-order valence-corrected chi connectivity index (χ4v) is 2.25. The summed E-state index contributed by atoms with van der Waals surface area (Å²) >= 11 is 0. The summed E-state index contributed by atoms with van der Waals surface area (Å²) in [6.07, 6.45) is 1.18. The third-order valence-electron chi connectivity index (χ3n) is 1.07. The van der Waals surface area contributed by atoms with Crippen molar-refractivity contribution in [3.63, 3.8) is 0 Å². The number of rotatable bonds is 2. The van der Waals surface area contributed by atoms with Gasteiger partial charge in [-0.25, -0.2) is 0 Å². The molecular weight excluding hydrogens is 108 g/mol. The molecule has 0 atom stereocenters. The smallest absolute Gasteiger partial charge is 0.257 e. The molecule has 0 aromatic carbocycles. The van der Waals surface area contributed by atoms with Gasteiger partial charge < -0.3 is 0 Å². The molecule has 1 saturated heterocycles. The highest BCUT2D eigenvalue weighted by atomic mass is 28.4. The van der Waals surface area contributed by atoms with Gasteiger partial charge in [-0.2, -0.15) is 0 Å². The molecule has 1 fully saturated rings. The van der Waals surface area contributed by atoms with Gasteiger partial charge in [-0.15, -0.1) is 0 Å². The minimum atomic E-state index is -1.41. The predicted molar refractivity (Wildman–Crippen MR) is 28.9 cm³/mol. The van der Waals surface area contributed by atoms with Gasteiger partial charge in [0, 0.05) is 0 Å². The average Bonchev–Trinajstić information content (AvgIpc) is 2.22. The second kappa shape index (κ2) is 1.58. The van der Waals surface area contributed by atoms with E-state index in [0.717, 1.165) is 6.04 Å². The van der Waals surface area contributed by atoms with E-state index in [1.54, 1.807) is 0 Å². The molecule has 2 nitrogen and oxygen atoms in total. The van der Waals surface area contributed by atoms with Gasteiger partial charge in [0.15, 0.2) is 0 Å². The lowest BCUT2D eigenvalue weighted by atomic mass is 10.6. The lowest BCUT2D eigenvalue weighted by Gasteiger charge is -1.86. The fraction of sp³-hybridized carbons (Fsp3) is 1.00. The highest BCUT2D eigenvalue weighted by Crippen LogP contribution is 2.28. The van der Waals surface area contributed by atoms with Crippen molar-refractivity contribution in [3.05, 3.63) is 0 Å². The van der Waals surface area contributed by atoms with Crippen LogP contribution in [0.15, 0.2) is 0 Å². The molecule has 0 aromatic rings. The molecule has 0 unspecified atom stereocenters. The van der Waals surface area contributed by atoms with Crippen LogP contribution in [0.2, 0.25) is 12.6 Å². The summed E-state index contributed by atoms with van der Waals surface area (Å²) in [5.41, 5.74) is 0. The first-order valence-corrected chi connectivity index (χ1v) is 5.16. The average molecular weight is 118 g/mol. The predicted octanol–water partition coefficient (Wildman–Crippen LogP) is 1.43. The van der Waals surface area contributed by atoms with Gasteiger partial charge in [0.1, 0.15) is 0 Å². The van der Waals surface area contributed by atoms with Crippen molar-refractivity contribution in [1.82, 2.24) is 0 Å². The number of hydrogen-bond acceptors (Lipinski definition) is 2. The Bertz CT molecular complexity index is 70.1. The van der Waals surface area contributed by atoms with E-state index in [1.807, 2.05) is 0 Å². The molecule has 0 bridgehead atoms. The van der Waals surface area contributed by atoms with Crippen molar-refractivity contribution in [2.24, 2.45) is 0 Å². The Kier molecular flexibility index (Phi) is 1.19. The Hall–Kier alpha value is 0.137. The Morgan fingerprint density at radius 2 is 2.00 bits per heavy atom. The van der Waals surface area contributed by atoms with Crippen molar-refractivity contribution in [3.8, 4) is 0 Å². The molecule has 0 N–H and O–H groups in total. The molecule has 0 saturated carbocycles. The summed E-state index contributed by atoms with van der Waals surface area (Å²) in [6.45, 7) is 4.22. The second-order valence-electron chi connectivity index (χ2n) is 2.05. The van der Waals surface area contributed by atoms with Crippen LogP contribution in [0.25, 0.3) is 0 Å². The Morgan fingerprint density at radius 3 is 2.14 bits per heavy atom. The van der Waals surface area contributed by atoms with Gasteiger partial charge in [0.05, 0.1) is 0 Å². The Labute approximate surface area is 44.6 Å². The molecule has 1 aliphatic rings. The van der Waals surface area contributed by atoms with Gasteiger partial charge in [0.25, 0.3) is 0 Å². The summed E-state index contributed by atoms with van der Waals surface area (Å²) in [4.78, 5) is 0. The summed E-state index contributed by atoms with van der Waals surface area (Å²) < 4.78 is 9.55. The first-order chi connectivity index (χ1) is 3.27. The maximum Gasteiger partial charge on any atom is 0.403 e. The van der Waals surface area contributed by atoms with Gasteiger partial charge in [0.2, 0.25) is 0 Å². The van der Waals surface area contributed by atoms with Crippen LogP contribution < -0.4 is 0 Å². The van der Waals surface area contributed by atoms with Gasteiger partial charge >= 0.3 is 8.56 Å². The lowest BCUT2D eigenvalue weighted by Crippen LogP contribution is -2.07. The van der Waals surface area contributed by atoms with Crippen molar-refractivity contribution < 1.29 is 9.15 Å². The number of hydrogen-bond donors (Lipinski definition) is 0. The summed E-state index contributed by atoms with van der Waals surface area (Å²) in [7, 11) is -1.41. The molecule has 0 amide bonds. The van der Waals surface area contributed by atoms with Crippen LogP contribution in [0.4, 0.5) is 0 Å². The van der Waals surface area contributed by atoms with E-state index < -0.39 is 8.56 Å². The van der Waals surface area contributed by atoms with Gasteiger partial charge in [-0.1, -0.05) is 13.3 Å². The van der Waals surface area contributed by atoms with E-state index in [4.69, 9.17) is 9.15 Å².